The summed E-state index contributed by atoms with van der Waals surface area (Å²) in [5.41, 5.74) is 1.08. The molecule has 0 amide bonds. The molecule has 4 nitrogen and oxygen atoms in total. The standard InChI is InChI=1S/C30H49NO3S/c1-3-5-7-9-11-13-15-17-25-31(26-18-16-14-12-10-8-6-4-2)29-23-19-22-28-27(29)21-20-24-30(28)35(32,33)34/h19-24H,3-18,25-26H2,1-2H3,(H,32,33,34). The Morgan fingerprint density at radius 3 is 1.51 bits per heavy atom. The molecule has 0 saturated heterocycles. The lowest BCUT2D eigenvalue weighted by Gasteiger charge is -2.27. The fourth-order valence-corrected chi connectivity index (χ4v) is 5.70. The van der Waals surface area contributed by atoms with Crippen LogP contribution in [0.3, 0.4) is 0 Å². The molecule has 0 aliphatic heterocycles. The first-order valence-electron chi connectivity index (χ1n) is 14.2. The molecule has 2 rings (SSSR count). The average Bonchev–Trinajstić information content (AvgIpc) is 2.84. The maximum absolute atomic E-state index is 11.9. The van der Waals surface area contributed by atoms with E-state index in [4.69, 9.17) is 0 Å². The van der Waals surface area contributed by atoms with Gasteiger partial charge in [-0.25, -0.2) is 0 Å². The summed E-state index contributed by atoms with van der Waals surface area (Å²) in [7, 11) is -4.26. The number of hydrogen-bond donors (Lipinski definition) is 1. The summed E-state index contributed by atoms with van der Waals surface area (Å²) in [5.74, 6) is 0. The zero-order chi connectivity index (χ0) is 25.4. The smallest absolute Gasteiger partial charge is 0.295 e. The lowest BCUT2D eigenvalue weighted by atomic mass is 10.1. The van der Waals surface area contributed by atoms with Gasteiger partial charge in [-0.2, -0.15) is 8.42 Å². The molecule has 0 radical (unpaired) electrons. The van der Waals surface area contributed by atoms with Crippen LogP contribution in [0, 0.1) is 0 Å². The van der Waals surface area contributed by atoms with Gasteiger partial charge in [0.1, 0.15) is 4.90 Å². The van der Waals surface area contributed by atoms with Crippen molar-refractivity contribution in [2.45, 2.75) is 121 Å². The van der Waals surface area contributed by atoms with Crippen molar-refractivity contribution in [3.8, 4) is 0 Å². The van der Waals surface area contributed by atoms with E-state index in [2.05, 4.69) is 24.8 Å². The lowest BCUT2D eigenvalue weighted by Crippen LogP contribution is -2.26. The van der Waals surface area contributed by atoms with E-state index in [1.54, 1.807) is 12.1 Å². The van der Waals surface area contributed by atoms with Gasteiger partial charge in [-0.3, -0.25) is 4.55 Å². The predicted octanol–water partition coefficient (Wildman–Crippen LogP) is 9.17. The Kier molecular flexibility index (Phi) is 14.4. The molecule has 0 unspecified atom stereocenters. The molecule has 2 aromatic carbocycles. The van der Waals surface area contributed by atoms with E-state index in [0.29, 0.717) is 5.39 Å². The summed E-state index contributed by atoms with van der Waals surface area (Å²) < 4.78 is 33.6. The SMILES string of the molecule is CCCCCCCCCCN(CCCCCCCCCC)c1cccc2c(S(=O)(=O)O)cccc12. The normalized spacial score (nSPS) is 11.9. The molecule has 1 N–H and O–H groups in total. The minimum Gasteiger partial charge on any atom is -0.371 e. The van der Waals surface area contributed by atoms with Gasteiger partial charge in [0.25, 0.3) is 10.1 Å². The maximum atomic E-state index is 11.9. The second kappa shape index (κ2) is 17.0. The first kappa shape index (κ1) is 29.6. The largest absolute Gasteiger partial charge is 0.371 e. The average molecular weight is 504 g/mol. The van der Waals surface area contributed by atoms with Gasteiger partial charge in [0.05, 0.1) is 0 Å². The van der Waals surface area contributed by atoms with Crippen LogP contribution in [-0.4, -0.2) is 26.1 Å². The number of benzene rings is 2. The predicted molar refractivity (Wildman–Crippen MR) is 151 cm³/mol. The fraction of sp³-hybridized carbons (Fsp3) is 0.667. The van der Waals surface area contributed by atoms with Crippen LogP contribution in [-0.2, 0) is 10.1 Å². The Morgan fingerprint density at radius 1 is 0.600 bits per heavy atom. The Morgan fingerprint density at radius 2 is 1.03 bits per heavy atom. The quantitative estimate of drug-likeness (QED) is 0.144. The van der Waals surface area contributed by atoms with E-state index in [1.807, 2.05) is 12.1 Å². The van der Waals surface area contributed by atoms with Crippen molar-refractivity contribution in [3.05, 3.63) is 36.4 Å². The van der Waals surface area contributed by atoms with E-state index in [0.717, 1.165) is 37.0 Å². The number of unbranched alkanes of at least 4 members (excludes halogenated alkanes) is 14. The highest BCUT2D eigenvalue weighted by Crippen LogP contribution is 2.31. The number of fused-ring (bicyclic) bond motifs is 1. The Hall–Kier alpha value is -1.59. The highest BCUT2D eigenvalue weighted by atomic mass is 32.2. The zero-order valence-corrected chi connectivity index (χ0v) is 23.1. The molecule has 0 spiro atoms. The summed E-state index contributed by atoms with van der Waals surface area (Å²) in [4.78, 5) is 2.44. The van der Waals surface area contributed by atoms with Crippen molar-refractivity contribution in [1.29, 1.82) is 0 Å². The van der Waals surface area contributed by atoms with Gasteiger partial charge < -0.3 is 4.90 Å². The van der Waals surface area contributed by atoms with Crippen molar-refractivity contribution in [1.82, 2.24) is 0 Å². The van der Waals surface area contributed by atoms with Gasteiger partial charge in [0.15, 0.2) is 0 Å². The third-order valence-corrected chi connectivity index (χ3v) is 7.95. The fourth-order valence-electron chi connectivity index (χ4n) is 4.99. The molecule has 0 aliphatic rings. The Balaban J connectivity index is 2.02. The van der Waals surface area contributed by atoms with E-state index in [9.17, 15) is 13.0 Å². The Bertz CT molecular complexity index is 922. The van der Waals surface area contributed by atoms with Gasteiger partial charge in [-0.1, -0.05) is 128 Å². The van der Waals surface area contributed by atoms with Crippen molar-refractivity contribution >= 4 is 26.6 Å². The van der Waals surface area contributed by atoms with Crippen LogP contribution < -0.4 is 4.90 Å². The molecular formula is C30H49NO3S. The summed E-state index contributed by atoms with van der Waals surface area (Å²) in [6.07, 6.45) is 20.7. The van der Waals surface area contributed by atoms with E-state index in [1.165, 1.54) is 96.0 Å². The van der Waals surface area contributed by atoms with Crippen LogP contribution >= 0.6 is 0 Å². The minimum atomic E-state index is -4.26. The molecule has 0 bridgehead atoms. The van der Waals surface area contributed by atoms with Gasteiger partial charge in [0.2, 0.25) is 0 Å². The molecule has 0 atom stereocenters. The van der Waals surface area contributed by atoms with E-state index in [-0.39, 0.29) is 4.90 Å². The van der Waals surface area contributed by atoms with Crippen LogP contribution in [0.1, 0.15) is 117 Å². The molecule has 0 aliphatic carbocycles. The molecule has 198 valence electrons. The van der Waals surface area contributed by atoms with Crippen LogP contribution in [0.5, 0.6) is 0 Å². The van der Waals surface area contributed by atoms with Gasteiger partial charge in [-0.05, 0) is 25.0 Å². The molecule has 5 heteroatoms. The summed E-state index contributed by atoms with van der Waals surface area (Å²) in [5, 5.41) is 1.51. The summed E-state index contributed by atoms with van der Waals surface area (Å²) in [6, 6.07) is 11.0. The molecule has 0 aromatic heterocycles. The second-order valence-electron chi connectivity index (χ2n) is 10.0. The van der Waals surface area contributed by atoms with Gasteiger partial charge in [-0.15, -0.1) is 0 Å². The molecule has 2 aromatic rings. The number of rotatable bonds is 20. The van der Waals surface area contributed by atoms with Crippen LogP contribution in [0.25, 0.3) is 10.8 Å². The summed E-state index contributed by atoms with van der Waals surface area (Å²) in [6.45, 7) is 6.49. The highest BCUT2D eigenvalue weighted by molar-refractivity contribution is 7.86. The highest BCUT2D eigenvalue weighted by Gasteiger charge is 2.17. The number of hydrogen-bond acceptors (Lipinski definition) is 3. The van der Waals surface area contributed by atoms with Crippen LogP contribution in [0.2, 0.25) is 0 Å². The lowest BCUT2D eigenvalue weighted by molar-refractivity contribution is 0.484. The third-order valence-electron chi connectivity index (χ3n) is 7.04. The van der Waals surface area contributed by atoms with Crippen molar-refractivity contribution < 1.29 is 13.0 Å². The molecule has 0 saturated carbocycles. The van der Waals surface area contributed by atoms with Crippen LogP contribution in [0.4, 0.5) is 5.69 Å². The van der Waals surface area contributed by atoms with Crippen molar-refractivity contribution in [2.75, 3.05) is 18.0 Å². The number of nitrogens with zero attached hydrogens (tertiary/aromatic N) is 1. The Labute approximate surface area is 215 Å². The van der Waals surface area contributed by atoms with Crippen molar-refractivity contribution in [2.24, 2.45) is 0 Å². The maximum Gasteiger partial charge on any atom is 0.295 e. The molecular weight excluding hydrogens is 454 g/mol. The second-order valence-corrected chi connectivity index (χ2v) is 11.4. The number of anilines is 1. The minimum absolute atomic E-state index is 0.00374. The molecule has 35 heavy (non-hydrogen) atoms. The third kappa shape index (κ3) is 10.9. The molecule has 0 fully saturated rings. The topological polar surface area (TPSA) is 57.6 Å². The van der Waals surface area contributed by atoms with Gasteiger partial charge >= 0.3 is 0 Å². The zero-order valence-electron chi connectivity index (χ0n) is 22.3. The van der Waals surface area contributed by atoms with Crippen molar-refractivity contribution in [3.63, 3.8) is 0 Å². The molecule has 0 heterocycles. The van der Waals surface area contributed by atoms with E-state index >= 15 is 0 Å². The summed E-state index contributed by atoms with van der Waals surface area (Å²) >= 11 is 0. The first-order valence-corrected chi connectivity index (χ1v) is 15.7. The van der Waals surface area contributed by atoms with E-state index < -0.39 is 10.1 Å². The van der Waals surface area contributed by atoms with Crippen LogP contribution in [0.15, 0.2) is 41.3 Å². The van der Waals surface area contributed by atoms with Gasteiger partial charge in [0, 0.05) is 29.5 Å². The monoisotopic (exact) mass is 503 g/mol. The first-order chi connectivity index (χ1) is 17.0.